The summed E-state index contributed by atoms with van der Waals surface area (Å²) >= 11 is 6.63. The first-order chi connectivity index (χ1) is 20.7. The van der Waals surface area contributed by atoms with E-state index in [1.165, 1.54) is 42.5 Å². The molecule has 0 saturated carbocycles. The van der Waals surface area contributed by atoms with Crippen molar-refractivity contribution in [3.8, 4) is 33.4 Å². The van der Waals surface area contributed by atoms with Crippen LogP contribution in [-0.2, 0) is 0 Å². The third kappa shape index (κ3) is 3.02. The molecule has 32 heavy (non-hydrogen) atoms. The van der Waals surface area contributed by atoms with Crippen LogP contribution in [0.25, 0.3) is 55.3 Å². The molecular weight excluding hydrogens is 412 g/mol. The third-order valence-corrected chi connectivity index (χ3v) is 5.46. The molecule has 0 unspecified atom stereocenters. The average Bonchev–Trinajstić information content (AvgIpc) is 3.39. The van der Waals surface area contributed by atoms with Crippen molar-refractivity contribution in [2.24, 2.45) is 0 Å². The van der Waals surface area contributed by atoms with Crippen LogP contribution >= 0.6 is 11.6 Å². The van der Waals surface area contributed by atoms with Gasteiger partial charge in [-0.3, -0.25) is 0 Å². The first-order valence-electron chi connectivity index (χ1n) is 15.7. The SMILES string of the molecule is [2H]c1ccc(-c2c(Cl)c([2H])c([2H])c([2H])c2-c2ccc([2H])c3c2oc2c([2H])c([2H])c([2H])c(-c4cc([2H])c([2H])c([2H])c4)c23)cc1[2H]. The van der Waals surface area contributed by atoms with Gasteiger partial charge in [-0.25, -0.2) is 0 Å². The highest BCUT2D eigenvalue weighted by Crippen LogP contribution is 2.44. The Labute approximate surface area is 208 Å². The molecule has 0 radical (unpaired) electrons. The summed E-state index contributed by atoms with van der Waals surface area (Å²) < 4.78 is 107. The number of fused-ring (bicyclic) bond motifs is 3. The first-order valence-corrected chi connectivity index (χ1v) is 10.0. The van der Waals surface area contributed by atoms with E-state index in [0.29, 0.717) is 5.56 Å². The predicted molar refractivity (Wildman–Crippen MR) is 135 cm³/mol. The van der Waals surface area contributed by atoms with Crippen LogP contribution in [0.2, 0.25) is 5.02 Å². The average molecular weight is 443 g/mol. The molecule has 0 aliphatic heterocycles. The zero-order valence-electron chi connectivity index (χ0n) is 28.3. The standard InChI is InChI=1S/C30H19ClO/c31-26-18-8-15-23(28(26)21-12-5-2-6-13-21)24-16-7-17-25-29-22(20-10-3-1-4-11-20)14-9-19-27(29)32-30(24)25/h1-19H/i1D,2D,3D,4D,5D,8D,9D,14D,15D,17D,18D,19D. The van der Waals surface area contributed by atoms with Crippen molar-refractivity contribution in [1.82, 2.24) is 0 Å². The lowest BCUT2D eigenvalue weighted by atomic mass is 9.92. The summed E-state index contributed by atoms with van der Waals surface area (Å²) in [6.07, 6.45) is 0. The Morgan fingerprint density at radius 3 is 2.28 bits per heavy atom. The smallest absolute Gasteiger partial charge is 0.143 e. The number of rotatable bonds is 3. The highest BCUT2D eigenvalue weighted by molar-refractivity contribution is 6.34. The summed E-state index contributed by atoms with van der Waals surface area (Å²) in [5, 5.41) is 0.0273. The van der Waals surface area contributed by atoms with Gasteiger partial charge in [0.25, 0.3) is 0 Å². The zero-order valence-corrected chi connectivity index (χ0v) is 17.1. The molecule has 5 aromatic carbocycles. The molecule has 0 fully saturated rings. The van der Waals surface area contributed by atoms with E-state index >= 15 is 0 Å². The Morgan fingerprint density at radius 2 is 1.41 bits per heavy atom. The topological polar surface area (TPSA) is 13.1 Å². The second-order valence-corrected chi connectivity index (χ2v) is 7.35. The van der Waals surface area contributed by atoms with E-state index in [4.69, 9.17) is 32.5 Å². The molecule has 1 heterocycles. The molecule has 2 heteroatoms. The summed E-state index contributed by atoms with van der Waals surface area (Å²) in [6, 6.07) is 5.82. The lowest BCUT2D eigenvalue weighted by Crippen LogP contribution is -1.87. The lowest BCUT2D eigenvalue weighted by molar-refractivity contribution is 0.670. The molecule has 0 saturated heterocycles. The highest BCUT2D eigenvalue weighted by Gasteiger charge is 2.18. The van der Waals surface area contributed by atoms with E-state index < -0.39 is 36.3 Å². The fourth-order valence-electron chi connectivity index (χ4n) is 3.81. The van der Waals surface area contributed by atoms with Gasteiger partial charge in [-0.15, -0.1) is 0 Å². The second kappa shape index (κ2) is 7.71. The predicted octanol–water partition coefficient (Wildman–Crippen LogP) is 9.24. The van der Waals surface area contributed by atoms with E-state index in [1.54, 1.807) is 0 Å². The maximum atomic E-state index is 8.88. The summed E-state index contributed by atoms with van der Waals surface area (Å²) in [4.78, 5) is 0. The van der Waals surface area contributed by atoms with Crippen molar-refractivity contribution >= 4 is 33.5 Å². The van der Waals surface area contributed by atoms with Crippen molar-refractivity contribution in [2.45, 2.75) is 0 Å². The maximum Gasteiger partial charge on any atom is 0.143 e. The van der Waals surface area contributed by atoms with Crippen molar-refractivity contribution in [1.29, 1.82) is 0 Å². The van der Waals surface area contributed by atoms with Crippen LogP contribution in [0.15, 0.2) is 119 Å². The third-order valence-electron chi connectivity index (χ3n) is 5.18. The Morgan fingerprint density at radius 1 is 0.625 bits per heavy atom. The van der Waals surface area contributed by atoms with Gasteiger partial charge in [0.15, 0.2) is 0 Å². The fourth-order valence-corrected chi connectivity index (χ4v) is 4.06. The van der Waals surface area contributed by atoms with Gasteiger partial charge in [0.1, 0.15) is 11.2 Å². The minimum Gasteiger partial charge on any atom is -0.455 e. The molecule has 0 aliphatic carbocycles. The fraction of sp³-hybridized carbons (Fsp3) is 0. The van der Waals surface area contributed by atoms with Crippen molar-refractivity contribution < 1.29 is 20.9 Å². The van der Waals surface area contributed by atoms with Gasteiger partial charge in [0.05, 0.1) is 16.4 Å². The van der Waals surface area contributed by atoms with Gasteiger partial charge < -0.3 is 4.42 Å². The molecular formula is C30H19ClO. The second-order valence-electron chi connectivity index (χ2n) is 6.97. The molecule has 6 aromatic rings. The van der Waals surface area contributed by atoms with Crippen LogP contribution < -0.4 is 0 Å². The molecule has 0 N–H and O–H groups in total. The number of halogens is 1. The minimum atomic E-state index is -0.497. The van der Waals surface area contributed by atoms with Crippen LogP contribution in [0.3, 0.4) is 0 Å². The van der Waals surface area contributed by atoms with Crippen LogP contribution in [-0.4, -0.2) is 0 Å². The van der Waals surface area contributed by atoms with E-state index in [1.807, 2.05) is 0 Å². The quantitative estimate of drug-likeness (QED) is 0.266. The Kier molecular flexibility index (Phi) is 2.46. The number of para-hydroxylation sites is 1. The molecule has 1 nitrogen and oxygen atoms in total. The van der Waals surface area contributed by atoms with E-state index in [9.17, 15) is 0 Å². The molecule has 0 spiro atoms. The summed E-state index contributed by atoms with van der Waals surface area (Å²) in [5.41, 5.74) is 0.651. The summed E-state index contributed by atoms with van der Waals surface area (Å²) in [7, 11) is 0. The van der Waals surface area contributed by atoms with E-state index in [2.05, 4.69) is 0 Å². The Balaban J connectivity index is 1.81. The van der Waals surface area contributed by atoms with Gasteiger partial charge in [0.2, 0.25) is 0 Å². The van der Waals surface area contributed by atoms with Gasteiger partial charge in [-0.05, 0) is 34.3 Å². The van der Waals surface area contributed by atoms with Crippen LogP contribution in [0.1, 0.15) is 16.4 Å². The Bertz CT molecular complexity index is 2200. The Hall–Kier alpha value is -3.81. The van der Waals surface area contributed by atoms with Gasteiger partial charge in [-0.1, -0.05) is 114 Å². The first kappa shape index (κ1) is 10.2. The zero-order chi connectivity index (χ0) is 31.9. The molecule has 1 aromatic heterocycles. The van der Waals surface area contributed by atoms with Crippen molar-refractivity contribution in [3.05, 3.63) is 120 Å². The molecule has 6 rings (SSSR count). The van der Waals surface area contributed by atoms with Gasteiger partial charge >= 0.3 is 0 Å². The minimum absolute atomic E-state index is 0.0206. The van der Waals surface area contributed by atoms with Crippen molar-refractivity contribution in [3.63, 3.8) is 0 Å². The van der Waals surface area contributed by atoms with E-state index in [0.717, 1.165) is 0 Å². The molecule has 0 bridgehead atoms. The normalized spacial score (nSPS) is 16.5. The van der Waals surface area contributed by atoms with Crippen LogP contribution in [0.4, 0.5) is 0 Å². The monoisotopic (exact) mass is 442 g/mol. The van der Waals surface area contributed by atoms with Gasteiger partial charge in [-0.2, -0.15) is 0 Å². The number of furan rings is 1. The highest BCUT2D eigenvalue weighted by atomic mass is 35.5. The number of hydrogen-bond acceptors (Lipinski definition) is 1. The van der Waals surface area contributed by atoms with Crippen LogP contribution in [0.5, 0.6) is 0 Å². The van der Waals surface area contributed by atoms with Crippen molar-refractivity contribution in [2.75, 3.05) is 0 Å². The largest absolute Gasteiger partial charge is 0.455 e. The maximum absolute atomic E-state index is 8.88. The van der Waals surface area contributed by atoms with Crippen LogP contribution in [0, 0.1) is 0 Å². The number of benzene rings is 5. The van der Waals surface area contributed by atoms with Gasteiger partial charge in [0, 0.05) is 26.9 Å². The summed E-state index contributed by atoms with van der Waals surface area (Å²) in [5.74, 6) is 0. The lowest BCUT2D eigenvalue weighted by Gasteiger charge is -2.12. The summed E-state index contributed by atoms with van der Waals surface area (Å²) in [6.45, 7) is 0. The molecule has 152 valence electrons. The molecule has 0 amide bonds. The molecule has 0 atom stereocenters. The molecule has 0 aliphatic rings. The van der Waals surface area contributed by atoms with E-state index in [-0.39, 0.29) is 91.0 Å². The number of hydrogen-bond donors (Lipinski definition) is 0.